The summed E-state index contributed by atoms with van der Waals surface area (Å²) in [6, 6.07) is 0.0920. The van der Waals surface area contributed by atoms with E-state index in [9.17, 15) is 9.59 Å². The van der Waals surface area contributed by atoms with Crippen molar-refractivity contribution in [3.63, 3.8) is 0 Å². The molecular formula is C14H23NO3. The van der Waals surface area contributed by atoms with Crippen LogP contribution in [0.5, 0.6) is 5.75 Å². The van der Waals surface area contributed by atoms with E-state index >= 15 is 0 Å². The molecule has 0 aliphatic carbocycles. The Bertz CT molecular complexity index is 464. The average molecular weight is 253 g/mol. The SMILES string of the molecule is CCCCOc1c(N[C@@H](C)C(C)(C)C)c(=O)c1=O. The Morgan fingerprint density at radius 2 is 1.83 bits per heavy atom. The van der Waals surface area contributed by atoms with Crippen LogP contribution in [0.3, 0.4) is 0 Å². The third-order valence-electron chi connectivity index (χ3n) is 3.27. The van der Waals surface area contributed by atoms with Crippen LogP contribution in [0.2, 0.25) is 0 Å². The molecule has 0 spiro atoms. The predicted molar refractivity (Wildman–Crippen MR) is 74.3 cm³/mol. The van der Waals surface area contributed by atoms with Crippen molar-refractivity contribution in [1.82, 2.24) is 0 Å². The summed E-state index contributed by atoms with van der Waals surface area (Å²) >= 11 is 0. The Hall–Kier alpha value is -1.32. The van der Waals surface area contributed by atoms with Gasteiger partial charge in [-0.3, -0.25) is 9.59 Å². The van der Waals surface area contributed by atoms with Gasteiger partial charge in [0.25, 0.3) is 10.9 Å². The normalized spacial score (nSPS) is 13.6. The summed E-state index contributed by atoms with van der Waals surface area (Å²) in [7, 11) is 0. The van der Waals surface area contributed by atoms with Crippen LogP contribution < -0.4 is 20.9 Å². The smallest absolute Gasteiger partial charge is 0.272 e. The van der Waals surface area contributed by atoms with Gasteiger partial charge in [0.1, 0.15) is 5.69 Å². The van der Waals surface area contributed by atoms with Crippen LogP contribution in [-0.2, 0) is 0 Å². The summed E-state index contributed by atoms with van der Waals surface area (Å²) in [6.07, 6.45) is 1.88. The number of hydrogen-bond donors (Lipinski definition) is 1. The summed E-state index contributed by atoms with van der Waals surface area (Å²) in [4.78, 5) is 22.9. The van der Waals surface area contributed by atoms with Crippen molar-refractivity contribution in [2.75, 3.05) is 11.9 Å². The van der Waals surface area contributed by atoms with Crippen molar-refractivity contribution in [1.29, 1.82) is 0 Å². The van der Waals surface area contributed by atoms with Gasteiger partial charge in [0.05, 0.1) is 6.61 Å². The van der Waals surface area contributed by atoms with E-state index in [0.29, 0.717) is 12.3 Å². The molecule has 102 valence electrons. The molecule has 0 aliphatic heterocycles. The first kappa shape index (κ1) is 14.7. The zero-order valence-corrected chi connectivity index (χ0v) is 11.9. The van der Waals surface area contributed by atoms with Crippen LogP contribution in [0.1, 0.15) is 47.5 Å². The number of rotatable bonds is 6. The fourth-order valence-electron chi connectivity index (χ4n) is 1.39. The lowest BCUT2D eigenvalue weighted by molar-refractivity contribution is 0.302. The van der Waals surface area contributed by atoms with Crippen molar-refractivity contribution in [2.45, 2.75) is 53.5 Å². The Labute approximate surface area is 108 Å². The van der Waals surface area contributed by atoms with Crippen LogP contribution in [0.4, 0.5) is 5.69 Å². The van der Waals surface area contributed by atoms with Gasteiger partial charge in [0.2, 0.25) is 0 Å². The van der Waals surface area contributed by atoms with E-state index in [2.05, 4.69) is 26.1 Å². The number of hydrogen-bond acceptors (Lipinski definition) is 4. The highest BCUT2D eigenvalue weighted by Gasteiger charge is 2.27. The molecule has 4 nitrogen and oxygen atoms in total. The lowest BCUT2D eigenvalue weighted by Crippen LogP contribution is -2.41. The molecule has 0 saturated heterocycles. The maximum atomic E-state index is 11.5. The van der Waals surface area contributed by atoms with E-state index in [0.717, 1.165) is 12.8 Å². The van der Waals surface area contributed by atoms with Gasteiger partial charge in [0, 0.05) is 6.04 Å². The minimum Gasteiger partial charge on any atom is -0.487 e. The average Bonchev–Trinajstić information content (AvgIpc) is 2.30. The van der Waals surface area contributed by atoms with Crippen LogP contribution >= 0.6 is 0 Å². The molecular weight excluding hydrogens is 230 g/mol. The van der Waals surface area contributed by atoms with Crippen molar-refractivity contribution in [3.8, 4) is 5.75 Å². The molecule has 1 aromatic rings. The van der Waals surface area contributed by atoms with Crippen molar-refractivity contribution in [2.24, 2.45) is 5.41 Å². The van der Waals surface area contributed by atoms with Crippen molar-refractivity contribution >= 4 is 5.69 Å². The Morgan fingerprint density at radius 3 is 2.33 bits per heavy atom. The molecule has 0 unspecified atom stereocenters. The van der Waals surface area contributed by atoms with Gasteiger partial charge in [-0.05, 0) is 18.8 Å². The molecule has 0 fully saturated rings. The summed E-state index contributed by atoms with van der Waals surface area (Å²) in [5.41, 5.74) is -0.605. The van der Waals surface area contributed by atoms with Crippen molar-refractivity contribution in [3.05, 3.63) is 20.4 Å². The van der Waals surface area contributed by atoms with Gasteiger partial charge >= 0.3 is 0 Å². The minimum atomic E-state index is -0.505. The summed E-state index contributed by atoms with van der Waals surface area (Å²) in [5.74, 6) is 0.213. The summed E-state index contributed by atoms with van der Waals surface area (Å²) < 4.78 is 5.37. The van der Waals surface area contributed by atoms with E-state index in [1.165, 1.54) is 0 Å². The monoisotopic (exact) mass is 253 g/mol. The molecule has 4 heteroatoms. The topological polar surface area (TPSA) is 55.4 Å². The van der Waals surface area contributed by atoms with Gasteiger partial charge in [-0.25, -0.2) is 0 Å². The standard InChI is InChI=1S/C14H23NO3/c1-6-7-8-18-13-10(11(16)12(13)17)15-9(2)14(3,4)5/h9,15H,6-8H2,1-5H3/t9-/m0/s1. The molecule has 1 rings (SSSR count). The van der Waals surface area contributed by atoms with Gasteiger partial charge in [0.15, 0.2) is 5.75 Å². The second kappa shape index (κ2) is 5.55. The first-order chi connectivity index (χ1) is 8.29. The molecule has 0 amide bonds. The zero-order chi connectivity index (χ0) is 13.9. The highest BCUT2D eigenvalue weighted by atomic mass is 16.5. The lowest BCUT2D eigenvalue weighted by Gasteiger charge is -2.29. The number of ether oxygens (including phenoxy) is 1. The molecule has 0 saturated carbocycles. The van der Waals surface area contributed by atoms with Gasteiger partial charge in [-0.15, -0.1) is 0 Å². The van der Waals surface area contributed by atoms with E-state index in [-0.39, 0.29) is 17.2 Å². The molecule has 0 aliphatic rings. The molecule has 18 heavy (non-hydrogen) atoms. The maximum Gasteiger partial charge on any atom is 0.272 e. The van der Waals surface area contributed by atoms with E-state index in [4.69, 9.17) is 4.74 Å². The highest BCUT2D eigenvalue weighted by Crippen LogP contribution is 2.25. The number of unbranched alkanes of at least 4 members (excludes halogenated alkanes) is 1. The third kappa shape index (κ3) is 3.12. The summed E-state index contributed by atoms with van der Waals surface area (Å²) in [5, 5.41) is 3.10. The fraction of sp³-hybridized carbons (Fsp3) is 0.714. The molecule has 0 aromatic heterocycles. The first-order valence-electron chi connectivity index (χ1n) is 6.51. The van der Waals surface area contributed by atoms with Crippen LogP contribution in [0.25, 0.3) is 0 Å². The van der Waals surface area contributed by atoms with E-state index in [1.807, 2.05) is 13.8 Å². The molecule has 1 aromatic carbocycles. The van der Waals surface area contributed by atoms with Gasteiger partial charge in [-0.1, -0.05) is 34.1 Å². The van der Waals surface area contributed by atoms with E-state index < -0.39 is 10.9 Å². The second-order valence-corrected chi connectivity index (χ2v) is 5.80. The maximum absolute atomic E-state index is 11.5. The summed E-state index contributed by atoms with van der Waals surface area (Å²) in [6.45, 7) is 10.8. The molecule has 0 heterocycles. The van der Waals surface area contributed by atoms with E-state index in [1.54, 1.807) is 0 Å². The molecule has 1 atom stereocenters. The Kier molecular flexibility index (Phi) is 4.54. The molecule has 0 radical (unpaired) electrons. The van der Waals surface area contributed by atoms with Gasteiger partial charge < -0.3 is 10.1 Å². The van der Waals surface area contributed by atoms with Crippen molar-refractivity contribution < 1.29 is 4.74 Å². The van der Waals surface area contributed by atoms with Gasteiger partial charge in [-0.2, -0.15) is 0 Å². The molecule has 0 bridgehead atoms. The largest absolute Gasteiger partial charge is 0.487 e. The second-order valence-electron chi connectivity index (χ2n) is 5.80. The predicted octanol–water partition coefficient (Wildman–Crippen LogP) is 2.31. The third-order valence-corrected chi connectivity index (χ3v) is 3.27. The number of nitrogens with one attached hydrogen (secondary N) is 1. The fourth-order valence-corrected chi connectivity index (χ4v) is 1.39. The number of anilines is 1. The Morgan fingerprint density at radius 1 is 1.22 bits per heavy atom. The first-order valence-corrected chi connectivity index (χ1v) is 6.51. The lowest BCUT2D eigenvalue weighted by atomic mass is 9.88. The highest BCUT2D eigenvalue weighted by molar-refractivity contribution is 5.62. The van der Waals surface area contributed by atoms with Crippen LogP contribution in [-0.4, -0.2) is 12.6 Å². The van der Waals surface area contributed by atoms with Crippen LogP contribution in [0, 0.1) is 5.41 Å². The molecule has 1 N–H and O–H groups in total. The quantitative estimate of drug-likeness (QED) is 0.624. The minimum absolute atomic E-state index is 0.0143. The Balaban J connectivity index is 2.75. The zero-order valence-electron chi connectivity index (χ0n) is 11.9. The van der Waals surface area contributed by atoms with Crippen LogP contribution in [0.15, 0.2) is 9.59 Å².